The monoisotopic (exact) mass is 396 g/mol. The van der Waals surface area contributed by atoms with E-state index in [9.17, 15) is 0 Å². The van der Waals surface area contributed by atoms with Gasteiger partial charge in [0.2, 0.25) is 0 Å². The number of imidazole rings is 1. The number of pyridine rings is 2. The van der Waals surface area contributed by atoms with E-state index in [1.807, 2.05) is 18.3 Å². The molecule has 0 fully saturated rings. The molecule has 0 aliphatic rings. The highest BCUT2D eigenvalue weighted by atomic mass is 15.5. The highest BCUT2D eigenvalue weighted by molar-refractivity contribution is 5.79. The van der Waals surface area contributed by atoms with E-state index in [1.54, 1.807) is 12.4 Å². The Morgan fingerprint density at radius 2 is 1.87 bits per heavy atom. The van der Waals surface area contributed by atoms with E-state index in [4.69, 9.17) is 4.98 Å². The van der Waals surface area contributed by atoms with Crippen molar-refractivity contribution in [2.45, 2.75) is 26.8 Å². The molecule has 0 saturated carbocycles. The molecule has 0 bridgehead atoms. The number of rotatable bonds is 5. The van der Waals surface area contributed by atoms with Crippen molar-refractivity contribution in [3.05, 3.63) is 71.9 Å². The predicted molar refractivity (Wildman–Crippen MR) is 114 cm³/mol. The first-order valence-electron chi connectivity index (χ1n) is 9.82. The summed E-state index contributed by atoms with van der Waals surface area (Å²) in [6.45, 7) is 4.93. The molecule has 1 aromatic carbocycles. The van der Waals surface area contributed by atoms with Crippen molar-refractivity contribution in [3.8, 4) is 22.5 Å². The first-order valence-corrected chi connectivity index (χ1v) is 9.82. The van der Waals surface area contributed by atoms with E-state index in [-0.39, 0.29) is 0 Å². The lowest BCUT2D eigenvalue weighted by atomic mass is 10.00. The molecule has 8 nitrogen and oxygen atoms in total. The van der Waals surface area contributed by atoms with E-state index in [2.05, 4.69) is 73.3 Å². The van der Waals surface area contributed by atoms with Crippen molar-refractivity contribution < 1.29 is 0 Å². The molecule has 0 unspecified atom stereocenters. The van der Waals surface area contributed by atoms with Gasteiger partial charge in [-0.1, -0.05) is 31.2 Å². The summed E-state index contributed by atoms with van der Waals surface area (Å²) in [6.07, 6.45) is 6.25. The van der Waals surface area contributed by atoms with Crippen LogP contribution >= 0.6 is 0 Å². The van der Waals surface area contributed by atoms with Gasteiger partial charge in [-0.25, -0.2) is 15.1 Å². The number of aryl methyl sites for hydroxylation is 2. The predicted octanol–water partition coefficient (Wildman–Crippen LogP) is 3.59. The molecule has 0 atom stereocenters. The third-order valence-electron chi connectivity index (χ3n) is 5.26. The highest BCUT2D eigenvalue weighted by Crippen LogP contribution is 2.29. The minimum absolute atomic E-state index is 0.598. The summed E-state index contributed by atoms with van der Waals surface area (Å²) in [5.41, 5.74) is 7.22. The van der Waals surface area contributed by atoms with Crippen LogP contribution in [-0.4, -0.2) is 40.1 Å². The Kier molecular flexibility index (Phi) is 4.51. The van der Waals surface area contributed by atoms with Crippen molar-refractivity contribution in [2.75, 3.05) is 0 Å². The molecule has 1 N–H and O–H groups in total. The third-order valence-corrected chi connectivity index (χ3v) is 5.26. The van der Waals surface area contributed by atoms with Gasteiger partial charge in [0, 0.05) is 30.6 Å². The van der Waals surface area contributed by atoms with Crippen LogP contribution in [0.1, 0.15) is 23.9 Å². The fourth-order valence-corrected chi connectivity index (χ4v) is 3.70. The van der Waals surface area contributed by atoms with Gasteiger partial charge in [0.25, 0.3) is 0 Å². The largest absolute Gasteiger partial charge is 0.308 e. The van der Waals surface area contributed by atoms with Crippen molar-refractivity contribution in [3.63, 3.8) is 0 Å². The average molecular weight is 396 g/mol. The highest BCUT2D eigenvalue weighted by Gasteiger charge is 2.14. The molecule has 0 aliphatic carbocycles. The summed E-state index contributed by atoms with van der Waals surface area (Å²) in [6, 6.07) is 12.5. The van der Waals surface area contributed by atoms with E-state index < -0.39 is 0 Å². The van der Waals surface area contributed by atoms with E-state index in [0.717, 1.165) is 52.2 Å². The fraction of sp³-hybridized carbons (Fsp3) is 0.182. The Balaban J connectivity index is 1.49. The second kappa shape index (κ2) is 7.47. The topological polar surface area (TPSA) is 98.1 Å². The Morgan fingerprint density at radius 1 is 1.00 bits per heavy atom. The van der Waals surface area contributed by atoms with Crippen molar-refractivity contribution in [1.82, 2.24) is 40.1 Å². The second-order valence-electron chi connectivity index (χ2n) is 7.14. The normalized spacial score (nSPS) is 11.3. The molecule has 5 rings (SSSR count). The molecule has 4 heterocycles. The number of tetrazole rings is 1. The van der Waals surface area contributed by atoms with Crippen LogP contribution in [0.3, 0.4) is 0 Å². The summed E-state index contributed by atoms with van der Waals surface area (Å²) < 4.78 is 2.20. The number of benzene rings is 1. The Morgan fingerprint density at radius 3 is 2.63 bits per heavy atom. The van der Waals surface area contributed by atoms with Gasteiger partial charge in [0.1, 0.15) is 11.3 Å². The van der Waals surface area contributed by atoms with E-state index in [1.165, 1.54) is 5.56 Å². The second-order valence-corrected chi connectivity index (χ2v) is 7.14. The number of hydrogen-bond donors (Lipinski definition) is 1. The summed E-state index contributed by atoms with van der Waals surface area (Å²) in [7, 11) is 0. The quantitative estimate of drug-likeness (QED) is 0.487. The zero-order valence-electron chi connectivity index (χ0n) is 16.7. The van der Waals surface area contributed by atoms with Crippen LogP contribution in [0.5, 0.6) is 0 Å². The molecule has 30 heavy (non-hydrogen) atoms. The van der Waals surface area contributed by atoms with Crippen LogP contribution in [0.15, 0.2) is 55.0 Å². The van der Waals surface area contributed by atoms with Gasteiger partial charge in [-0.05, 0) is 51.7 Å². The third kappa shape index (κ3) is 3.12. The van der Waals surface area contributed by atoms with Crippen LogP contribution < -0.4 is 0 Å². The Hall–Kier alpha value is -3.94. The van der Waals surface area contributed by atoms with Crippen LogP contribution in [0.2, 0.25) is 0 Å². The molecule has 0 amide bonds. The van der Waals surface area contributed by atoms with Crippen LogP contribution in [0.25, 0.3) is 33.7 Å². The lowest BCUT2D eigenvalue weighted by Gasteiger charge is -2.10. The molecule has 8 heteroatoms. The average Bonchev–Trinajstić information content (AvgIpc) is 3.44. The Labute approximate surface area is 173 Å². The molecule has 4 aromatic heterocycles. The minimum atomic E-state index is 0.598. The van der Waals surface area contributed by atoms with Crippen LogP contribution in [0.4, 0.5) is 0 Å². The molecule has 148 valence electrons. The van der Waals surface area contributed by atoms with Gasteiger partial charge in [0.05, 0.1) is 6.54 Å². The molecular weight excluding hydrogens is 376 g/mol. The first kappa shape index (κ1) is 18.1. The zero-order valence-corrected chi connectivity index (χ0v) is 16.7. The standard InChI is InChI=1S/C22H20N8/c1-3-19-25-20-14(2)8-11-24-22(20)30(19)13-15-4-6-16(7-5-15)17-9-10-23-12-18(17)21-26-28-29-27-21/h4-12H,3,13H2,1-2H3,(H,26,27,28,29). The molecular formula is C22H20N8. The van der Waals surface area contributed by atoms with E-state index in [0.29, 0.717) is 5.82 Å². The van der Waals surface area contributed by atoms with Crippen molar-refractivity contribution in [1.29, 1.82) is 0 Å². The summed E-state index contributed by atoms with van der Waals surface area (Å²) in [5.74, 6) is 1.64. The minimum Gasteiger partial charge on any atom is -0.308 e. The molecule has 0 aliphatic heterocycles. The first-order chi connectivity index (χ1) is 14.7. The number of nitrogens with zero attached hydrogens (tertiary/aromatic N) is 7. The van der Waals surface area contributed by atoms with Gasteiger partial charge >= 0.3 is 0 Å². The maximum atomic E-state index is 4.80. The van der Waals surface area contributed by atoms with Gasteiger partial charge in [-0.2, -0.15) is 0 Å². The van der Waals surface area contributed by atoms with Crippen molar-refractivity contribution >= 4 is 11.2 Å². The smallest absolute Gasteiger partial charge is 0.181 e. The van der Waals surface area contributed by atoms with Crippen molar-refractivity contribution in [2.24, 2.45) is 0 Å². The fourth-order valence-electron chi connectivity index (χ4n) is 3.70. The number of hydrogen-bond acceptors (Lipinski definition) is 6. The van der Waals surface area contributed by atoms with Gasteiger partial charge in [0.15, 0.2) is 11.5 Å². The summed E-state index contributed by atoms with van der Waals surface area (Å²) >= 11 is 0. The molecule has 0 radical (unpaired) electrons. The maximum absolute atomic E-state index is 4.80. The van der Waals surface area contributed by atoms with Crippen LogP contribution in [0, 0.1) is 6.92 Å². The number of aromatic nitrogens is 8. The van der Waals surface area contributed by atoms with Gasteiger partial charge in [-0.15, -0.1) is 5.10 Å². The van der Waals surface area contributed by atoms with E-state index >= 15 is 0 Å². The lowest BCUT2D eigenvalue weighted by molar-refractivity contribution is 0.746. The zero-order chi connectivity index (χ0) is 20.5. The Bertz CT molecular complexity index is 1300. The summed E-state index contributed by atoms with van der Waals surface area (Å²) in [5, 5.41) is 14.2. The number of fused-ring (bicyclic) bond motifs is 1. The van der Waals surface area contributed by atoms with Gasteiger partial charge in [-0.3, -0.25) is 4.98 Å². The number of H-pyrrole nitrogens is 1. The van der Waals surface area contributed by atoms with Gasteiger partial charge < -0.3 is 4.57 Å². The number of nitrogens with one attached hydrogen (secondary N) is 1. The lowest BCUT2D eigenvalue weighted by Crippen LogP contribution is -2.05. The molecule has 0 saturated heterocycles. The number of aromatic amines is 1. The molecule has 5 aromatic rings. The molecule has 0 spiro atoms. The summed E-state index contributed by atoms with van der Waals surface area (Å²) in [4.78, 5) is 13.6. The van der Waals surface area contributed by atoms with Crippen LogP contribution in [-0.2, 0) is 13.0 Å². The SMILES string of the molecule is CCc1nc2c(C)ccnc2n1Cc1ccc(-c2ccncc2-c2nnn[nH]2)cc1. The maximum Gasteiger partial charge on any atom is 0.181 e.